The van der Waals surface area contributed by atoms with Crippen LogP contribution in [0.4, 0.5) is 0 Å². The summed E-state index contributed by atoms with van der Waals surface area (Å²) >= 11 is 0. The molecule has 0 aliphatic heterocycles. The average molecular weight is 281 g/mol. The van der Waals surface area contributed by atoms with Gasteiger partial charge < -0.3 is 5.11 Å². The molecule has 0 radical (unpaired) electrons. The number of benzene rings is 1. The molecular formula is C13H15NO4S. The summed E-state index contributed by atoms with van der Waals surface area (Å²) in [5.41, 5.74) is 0.406. The fraction of sp³-hybridized carbons (Fsp3) is 0.308. The summed E-state index contributed by atoms with van der Waals surface area (Å²) in [6.45, 7) is 3.61. The largest absolute Gasteiger partial charge is 0.478 e. The first-order chi connectivity index (χ1) is 8.83. The Morgan fingerprint density at radius 3 is 2.53 bits per heavy atom. The minimum absolute atomic E-state index is 0.00271. The first-order valence-corrected chi connectivity index (χ1v) is 7.50. The number of rotatable bonds is 4. The highest BCUT2D eigenvalue weighted by atomic mass is 32.2. The molecule has 0 aliphatic rings. The van der Waals surface area contributed by atoms with Crippen molar-refractivity contribution in [2.75, 3.05) is 5.75 Å². The molecule has 0 saturated carbocycles. The Morgan fingerprint density at radius 2 is 1.95 bits per heavy atom. The van der Waals surface area contributed by atoms with Crippen LogP contribution in [-0.2, 0) is 10.0 Å². The Hall–Kier alpha value is -1.82. The maximum atomic E-state index is 12.3. The Morgan fingerprint density at radius 1 is 1.32 bits per heavy atom. The first kappa shape index (κ1) is 13.6. The molecule has 0 saturated heterocycles. The van der Waals surface area contributed by atoms with Gasteiger partial charge in [0.05, 0.1) is 16.8 Å². The molecule has 1 N–H and O–H groups in total. The molecule has 102 valence electrons. The van der Waals surface area contributed by atoms with Crippen molar-refractivity contribution in [3.05, 3.63) is 36.0 Å². The van der Waals surface area contributed by atoms with Crippen molar-refractivity contribution in [3.8, 4) is 0 Å². The van der Waals surface area contributed by atoms with Gasteiger partial charge in [-0.2, -0.15) is 0 Å². The van der Waals surface area contributed by atoms with Crippen LogP contribution in [0, 0.1) is 5.92 Å². The van der Waals surface area contributed by atoms with E-state index in [-0.39, 0.29) is 17.2 Å². The monoisotopic (exact) mass is 281 g/mol. The molecule has 0 spiro atoms. The fourth-order valence-corrected chi connectivity index (χ4v) is 3.78. The van der Waals surface area contributed by atoms with E-state index in [9.17, 15) is 13.2 Å². The van der Waals surface area contributed by atoms with Crippen LogP contribution in [0.2, 0.25) is 0 Å². The van der Waals surface area contributed by atoms with Gasteiger partial charge in [0.2, 0.25) is 10.0 Å². The molecule has 0 amide bonds. The van der Waals surface area contributed by atoms with Gasteiger partial charge in [0.15, 0.2) is 0 Å². The van der Waals surface area contributed by atoms with Crippen LogP contribution in [0.15, 0.2) is 30.5 Å². The van der Waals surface area contributed by atoms with E-state index in [1.165, 1.54) is 6.20 Å². The number of fused-ring (bicyclic) bond motifs is 1. The number of aromatic carboxylic acids is 1. The predicted octanol–water partition coefficient (Wildman–Crippen LogP) is 2.17. The zero-order chi connectivity index (χ0) is 14.2. The maximum Gasteiger partial charge on any atom is 0.337 e. The minimum Gasteiger partial charge on any atom is -0.478 e. The highest BCUT2D eigenvalue weighted by Crippen LogP contribution is 2.23. The van der Waals surface area contributed by atoms with Crippen LogP contribution in [0.3, 0.4) is 0 Å². The van der Waals surface area contributed by atoms with Crippen LogP contribution in [-0.4, -0.2) is 29.2 Å². The van der Waals surface area contributed by atoms with Gasteiger partial charge in [0.1, 0.15) is 0 Å². The van der Waals surface area contributed by atoms with Crippen molar-refractivity contribution in [2.24, 2.45) is 5.92 Å². The summed E-state index contributed by atoms with van der Waals surface area (Å²) in [5, 5.41) is 9.57. The number of hydrogen-bond acceptors (Lipinski definition) is 3. The smallest absolute Gasteiger partial charge is 0.337 e. The lowest BCUT2D eigenvalue weighted by atomic mass is 10.2. The van der Waals surface area contributed by atoms with Crippen LogP contribution in [0.1, 0.15) is 24.2 Å². The Bertz CT molecular complexity index is 728. The number of hydrogen-bond donors (Lipinski definition) is 1. The van der Waals surface area contributed by atoms with E-state index in [1.807, 2.05) is 0 Å². The van der Waals surface area contributed by atoms with Gasteiger partial charge in [-0.25, -0.2) is 17.2 Å². The highest BCUT2D eigenvalue weighted by molar-refractivity contribution is 7.90. The van der Waals surface area contributed by atoms with Crippen molar-refractivity contribution in [3.63, 3.8) is 0 Å². The normalized spacial score (nSPS) is 12.2. The molecule has 0 unspecified atom stereocenters. The third-order valence-electron chi connectivity index (χ3n) is 2.75. The fourth-order valence-electron chi connectivity index (χ4n) is 2.05. The van der Waals surface area contributed by atoms with Gasteiger partial charge in [0.25, 0.3) is 0 Å². The minimum atomic E-state index is -3.55. The standard InChI is InChI=1S/C13H15NO4S/c1-9(2)8-19(17,18)14-7-11(13(15)16)10-5-3-4-6-12(10)14/h3-7,9H,8H2,1-2H3,(H,15,16). The predicted molar refractivity (Wildman–Crippen MR) is 72.9 cm³/mol. The molecule has 1 aromatic carbocycles. The quantitative estimate of drug-likeness (QED) is 0.931. The van der Waals surface area contributed by atoms with E-state index in [2.05, 4.69) is 0 Å². The summed E-state index contributed by atoms with van der Waals surface area (Å²) in [7, 11) is -3.55. The number of carboxylic acid groups (broad SMARTS) is 1. The summed E-state index contributed by atoms with van der Waals surface area (Å²) in [4.78, 5) is 11.2. The van der Waals surface area contributed by atoms with Gasteiger partial charge in [-0.15, -0.1) is 0 Å². The number of para-hydroxylation sites is 1. The molecule has 19 heavy (non-hydrogen) atoms. The van der Waals surface area contributed by atoms with E-state index in [0.717, 1.165) is 3.97 Å². The molecule has 0 bridgehead atoms. The molecule has 1 aromatic heterocycles. The summed E-state index contributed by atoms with van der Waals surface area (Å²) < 4.78 is 25.6. The number of aromatic nitrogens is 1. The molecule has 2 aromatic rings. The van der Waals surface area contributed by atoms with E-state index in [1.54, 1.807) is 38.1 Å². The third kappa shape index (κ3) is 2.49. The molecule has 0 aliphatic carbocycles. The molecule has 5 nitrogen and oxygen atoms in total. The van der Waals surface area contributed by atoms with E-state index < -0.39 is 16.0 Å². The Balaban J connectivity index is 2.72. The van der Waals surface area contributed by atoms with Crippen molar-refractivity contribution < 1.29 is 18.3 Å². The summed E-state index contributed by atoms with van der Waals surface area (Å²) in [6, 6.07) is 6.60. The van der Waals surface area contributed by atoms with E-state index in [0.29, 0.717) is 10.9 Å². The van der Waals surface area contributed by atoms with Crippen molar-refractivity contribution >= 4 is 26.9 Å². The number of carbonyl (C=O) groups is 1. The number of carboxylic acids is 1. The summed E-state index contributed by atoms with van der Waals surface area (Å²) in [6.07, 6.45) is 1.19. The van der Waals surface area contributed by atoms with Gasteiger partial charge in [0, 0.05) is 11.6 Å². The van der Waals surface area contributed by atoms with E-state index in [4.69, 9.17) is 5.11 Å². The molecule has 2 rings (SSSR count). The topological polar surface area (TPSA) is 76.4 Å². The average Bonchev–Trinajstić information content (AvgIpc) is 2.67. The maximum absolute atomic E-state index is 12.3. The van der Waals surface area contributed by atoms with Crippen molar-refractivity contribution in [2.45, 2.75) is 13.8 Å². The third-order valence-corrected chi connectivity index (χ3v) is 4.74. The van der Waals surface area contributed by atoms with Gasteiger partial charge in [-0.1, -0.05) is 32.0 Å². The van der Waals surface area contributed by atoms with Gasteiger partial charge in [-0.05, 0) is 12.0 Å². The van der Waals surface area contributed by atoms with Crippen molar-refractivity contribution in [1.82, 2.24) is 3.97 Å². The SMILES string of the molecule is CC(C)CS(=O)(=O)n1cc(C(=O)O)c2ccccc21. The highest BCUT2D eigenvalue weighted by Gasteiger charge is 2.22. The summed E-state index contributed by atoms with van der Waals surface area (Å²) in [5.74, 6) is -1.18. The molecule has 0 fully saturated rings. The van der Waals surface area contributed by atoms with E-state index >= 15 is 0 Å². The Kier molecular flexibility index (Phi) is 3.36. The van der Waals surface area contributed by atoms with Crippen molar-refractivity contribution in [1.29, 1.82) is 0 Å². The second-order valence-corrected chi connectivity index (χ2v) is 6.72. The lowest BCUT2D eigenvalue weighted by molar-refractivity contribution is 0.0699. The molecular weight excluding hydrogens is 266 g/mol. The molecule has 1 heterocycles. The molecule has 6 heteroatoms. The lowest BCUT2D eigenvalue weighted by Gasteiger charge is -2.09. The lowest BCUT2D eigenvalue weighted by Crippen LogP contribution is -2.19. The van der Waals surface area contributed by atoms with Gasteiger partial charge >= 0.3 is 5.97 Å². The van der Waals surface area contributed by atoms with Gasteiger partial charge in [-0.3, -0.25) is 0 Å². The number of nitrogens with zero attached hydrogens (tertiary/aromatic N) is 1. The van der Waals surface area contributed by atoms with Crippen LogP contribution in [0.25, 0.3) is 10.9 Å². The Labute approximate surface area is 111 Å². The molecule has 0 atom stereocenters. The van der Waals surface area contributed by atoms with Crippen LogP contribution >= 0.6 is 0 Å². The van der Waals surface area contributed by atoms with Crippen LogP contribution in [0.5, 0.6) is 0 Å². The first-order valence-electron chi connectivity index (χ1n) is 5.89. The van der Waals surface area contributed by atoms with Crippen LogP contribution < -0.4 is 0 Å². The zero-order valence-electron chi connectivity index (χ0n) is 10.7. The zero-order valence-corrected chi connectivity index (χ0v) is 11.5. The second-order valence-electron chi connectivity index (χ2n) is 4.83. The second kappa shape index (κ2) is 4.70.